The van der Waals surface area contributed by atoms with Crippen LogP contribution in [0.3, 0.4) is 0 Å². The summed E-state index contributed by atoms with van der Waals surface area (Å²) in [5.74, 6) is -0.230. The molecule has 0 aromatic carbocycles. The first-order valence-corrected chi connectivity index (χ1v) is 6.45. The molecule has 0 aliphatic rings. The van der Waals surface area contributed by atoms with Crippen LogP contribution in [-0.2, 0) is 14.3 Å². The maximum Gasteiger partial charge on any atom is 0.325 e. The van der Waals surface area contributed by atoms with Crippen LogP contribution in [0.25, 0.3) is 0 Å². The molecule has 0 saturated carbocycles. The van der Waals surface area contributed by atoms with Crippen molar-refractivity contribution in [2.75, 3.05) is 20.3 Å². The van der Waals surface area contributed by atoms with Gasteiger partial charge in [0.2, 0.25) is 0 Å². The Morgan fingerprint density at radius 3 is 2.53 bits per heavy atom. The van der Waals surface area contributed by atoms with Crippen LogP contribution in [0.15, 0.2) is 0 Å². The fraction of sp³-hybridized carbons (Fsp3) is 0.923. The van der Waals surface area contributed by atoms with E-state index in [2.05, 4.69) is 19.2 Å². The van der Waals surface area contributed by atoms with Gasteiger partial charge in [0.1, 0.15) is 5.54 Å². The zero-order valence-corrected chi connectivity index (χ0v) is 11.8. The monoisotopic (exact) mass is 245 g/mol. The Labute approximate surface area is 105 Å². The van der Waals surface area contributed by atoms with Crippen LogP contribution >= 0.6 is 0 Å². The molecule has 0 aromatic heterocycles. The molecular weight excluding hydrogens is 218 g/mol. The molecule has 0 aliphatic heterocycles. The number of rotatable bonds is 9. The molecule has 0 rings (SSSR count). The molecule has 0 aromatic rings. The average molecular weight is 245 g/mol. The van der Waals surface area contributed by atoms with Crippen molar-refractivity contribution in [3.05, 3.63) is 0 Å². The van der Waals surface area contributed by atoms with Crippen LogP contribution in [0.1, 0.15) is 47.0 Å². The molecule has 0 spiro atoms. The lowest BCUT2D eigenvalue weighted by Crippen LogP contribution is -2.51. The number of nitrogens with one attached hydrogen (secondary N) is 1. The lowest BCUT2D eigenvalue weighted by Gasteiger charge is -2.28. The summed E-state index contributed by atoms with van der Waals surface area (Å²) in [6.45, 7) is 9.33. The lowest BCUT2D eigenvalue weighted by atomic mass is 9.98. The van der Waals surface area contributed by atoms with E-state index < -0.39 is 5.54 Å². The van der Waals surface area contributed by atoms with E-state index in [4.69, 9.17) is 9.47 Å². The molecule has 0 aliphatic carbocycles. The number of esters is 1. The fourth-order valence-electron chi connectivity index (χ4n) is 1.83. The molecular formula is C13H27NO3. The molecule has 0 heterocycles. The van der Waals surface area contributed by atoms with E-state index in [1.165, 1.54) is 7.11 Å². The van der Waals surface area contributed by atoms with E-state index in [0.717, 1.165) is 19.4 Å². The number of methoxy groups -OCH3 is 1. The van der Waals surface area contributed by atoms with E-state index in [9.17, 15) is 4.79 Å². The summed E-state index contributed by atoms with van der Waals surface area (Å²) in [6.07, 6.45) is 3.05. The molecule has 0 radical (unpaired) electrons. The molecule has 17 heavy (non-hydrogen) atoms. The molecule has 0 saturated heterocycles. The number of ether oxygens (including phenoxy) is 2. The van der Waals surface area contributed by atoms with Crippen LogP contribution in [0.5, 0.6) is 0 Å². The van der Waals surface area contributed by atoms with Crippen LogP contribution in [0, 0.1) is 0 Å². The van der Waals surface area contributed by atoms with Gasteiger partial charge in [0.05, 0.1) is 13.2 Å². The first kappa shape index (κ1) is 16.4. The fourth-order valence-corrected chi connectivity index (χ4v) is 1.83. The topological polar surface area (TPSA) is 47.6 Å². The predicted molar refractivity (Wildman–Crippen MR) is 69.0 cm³/mol. The third kappa shape index (κ3) is 6.03. The van der Waals surface area contributed by atoms with Gasteiger partial charge < -0.3 is 14.8 Å². The van der Waals surface area contributed by atoms with E-state index in [1.54, 1.807) is 0 Å². The summed E-state index contributed by atoms with van der Waals surface area (Å²) in [4.78, 5) is 11.7. The van der Waals surface area contributed by atoms with Crippen molar-refractivity contribution in [3.63, 3.8) is 0 Å². The lowest BCUT2D eigenvalue weighted by molar-refractivity contribution is -0.149. The Morgan fingerprint density at radius 1 is 1.41 bits per heavy atom. The number of hydrogen-bond acceptors (Lipinski definition) is 4. The third-order valence-electron chi connectivity index (χ3n) is 2.90. The van der Waals surface area contributed by atoms with E-state index >= 15 is 0 Å². The molecule has 2 atom stereocenters. The first-order valence-electron chi connectivity index (χ1n) is 6.45. The Bertz CT molecular complexity index is 221. The highest BCUT2D eigenvalue weighted by Crippen LogP contribution is 2.13. The van der Waals surface area contributed by atoms with Gasteiger partial charge in [-0.05, 0) is 33.2 Å². The van der Waals surface area contributed by atoms with Gasteiger partial charge in [0.15, 0.2) is 0 Å². The summed E-state index contributed by atoms with van der Waals surface area (Å²) in [6, 6.07) is 0. The molecule has 2 unspecified atom stereocenters. The molecule has 0 bridgehead atoms. The maximum absolute atomic E-state index is 11.7. The van der Waals surface area contributed by atoms with Gasteiger partial charge in [-0.1, -0.05) is 20.3 Å². The van der Waals surface area contributed by atoms with Crippen molar-refractivity contribution in [2.45, 2.75) is 58.6 Å². The smallest absolute Gasteiger partial charge is 0.325 e. The zero-order chi connectivity index (χ0) is 13.3. The highest BCUT2D eigenvalue weighted by Gasteiger charge is 2.33. The minimum absolute atomic E-state index is 0.230. The highest BCUT2D eigenvalue weighted by molar-refractivity contribution is 5.80. The van der Waals surface area contributed by atoms with Crippen molar-refractivity contribution in [1.82, 2.24) is 5.32 Å². The van der Waals surface area contributed by atoms with Crippen molar-refractivity contribution >= 4 is 5.97 Å². The van der Waals surface area contributed by atoms with E-state index in [-0.39, 0.29) is 12.1 Å². The first-order chi connectivity index (χ1) is 8.00. The van der Waals surface area contributed by atoms with Crippen molar-refractivity contribution in [2.24, 2.45) is 0 Å². The Kier molecular flexibility index (Phi) is 8.17. The summed E-state index contributed by atoms with van der Waals surface area (Å²) in [7, 11) is 1.42. The van der Waals surface area contributed by atoms with Gasteiger partial charge in [0.25, 0.3) is 0 Å². The normalized spacial score (nSPS) is 16.3. The quantitative estimate of drug-likeness (QED) is 0.632. The average Bonchev–Trinajstić information content (AvgIpc) is 2.28. The predicted octanol–water partition coefficient (Wildman–Crippen LogP) is 2.12. The molecule has 4 nitrogen and oxygen atoms in total. The highest BCUT2D eigenvalue weighted by atomic mass is 16.5. The van der Waals surface area contributed by atoms with Crippen molar-refractivity contribution < 1.29 is 14.3 Å². The van der Waals surface area contributed by atoms with Gasteiger partial charge in [-0.3, -0.25) is 4.79 Å². The molecule has 0 fully saturated rings. The van der Waals surface area contributed by atoms with Crippen molar-refractivity contribution in [3.8, 4) is 0 Å². The second-order valence-electron chi connectivity index (χ2n) is 4.57. The van der Waals surface area contributed by atoms with Crippen molar-refractivity contribution in [1.29, 1.82) is 0 Å². The minimum Gasteiger partial charge on any atom is -0.468 e. The molecule has 0 amide bonds. The Hall–Kier alpha value is -0.610. The summed E-state index contributed by atoms with van der Waals surface area (Å²) >= 11 is 0. The minimum atomic E-state index is -0.643. The SMILES string of the molecule is CCCC(C)OCCC(C)(NCC)C(=O)OC. The standard InChI is InChI=1S/C13H27NO3/c1-6-8-11(3)17-10-9-13(4,14-7-2)12(15)16-5/h11,14H,6-10H2,1-5H3. The zero-order valence-electron chi connectivity index (χ0n) is 11.8. The number of hydrogen-bond donors (Lipinski definition) is 1. The number of carbonyl (C=O) groups excluding carboxylic acids is 1. The van der Waals surface area contributed by atoms with Crippen LogP contribution in [-0.4, -0.2) is 37.9 Å². The second-order valence-corrected chi connectivity index (χ2v) is 4.57. The van der Waals surface area contributed by atoms with Gasteiger partial charge in [-0.2, -0.15) is 0 Å². The van der Waals surface area contributed by atoms with Gasteiger partial charge in [-0.25, -0.2) is 0 Å². The van der Waals surface area contributed by atoms with Crippen LogP contribution < -0.4 is 5.32 Å². The van der Waals surface area contributed by atoms with Gasteiger partial charge >= 0.3 is 5.97 Å². The number of carbonyl (C=O) groups is 1. The number of likely N-dealkylation sites (N-methyl/N-ethyl adjacent to an activating group) is 1. The molecule has 1 N–H and O–H groups in total. The summed E-state index contributed by atoms with van der Waals surface area (Å²) in [5, 5.41) is 3.16. The van der Waals surface area contributed by atoms with E-state index in [1.807, 2.05) is 13.8 Å². The second kappa shape index (κ2) is 8.48. The van der Waals surface area contributed by atoms with Crippen LogP contribution in [0.2, 0.25) is 0 Å². The van der Waals surface area contributed by atoms with E-state index in [0.29, 0.717) is 13.0 Å². The largest absolute Gasteiger partial charge is 0.468 e. The Balaban J connectivity index is 4.13. The molecule has 102 valence electrons. The van der Waals surface area contributed by atoms with Crippen LogP contribution in [0.4, 0.5) is 0 Å². The maximum atomic E-state index is 11.7. The van der Waals surface area contributed by atoms with Gasteiger partial charge in [0, 0.05) is 6.61 Å². The molecule has 4 heteroatoms. The third-order valence-corrected chi connectivity index (χ3v) is 2.90. The Morgan fingerprint density at radius 2 is 2.06 bits per heavy atom. The summed E-state index contributed by atoms with van der Waals surface area (Å²) < 4.78 is 10.5. The van der Waals surface area contributed by atoms with Gasteiger partial charge in [-0.15, -0.1) is 0 Å². The summed E-state index contributed by atoms with van der Waals surface area (Å²) in [5.41, 5.74) is -0.643.